The van der Waals surface area contributed by atoms with Crippen molar-refractivity contribution in [3.8, 4) is 22.4 Å². The van der Waals surface area contributed by atoms with Crippen molar-refractivity contribution in [2.75, 3.05) is 11.9 Å². The minimum Gasteiger partial charge on any atom is -0.354 e. The van der Waals surface area contributed by atoms with E-state index >= 15 is 0 Å². The number of H-pyrrole nitrogens is 1. The number of fused-ring (bicyclic) bond motifs is 1. The SMILES string of the molecule is Fc1cccc(-c2cnc3[nH]cc(-c4ccnc(NCCc5ccccc5)n4)c3c2)c1. The first-order valence-corrected chi connectivity index (χ1v) is 10.1. The Kier molecular flexibility index (Phi) is 5.10. The molecule has 5 rings (SSSR count). The van der Waals surface area contributed by atoms with Gasteiger partial charge < -0.3 is 10.3 Å². The molecule has 0 amide bonds. The van der Waals surface area contributed by atoms with Crippen LogP contribution in [0.5, 0.6) is 0 Å². The second-order valence-electron chi connectivity index (χ2n) is 7.26. The van der Waals surface area contributed by atoms with Gasteiger partial charge in [0.2, 0.25) is 5.95 Å². The van der Waals surface area contributed by atoms with Gasteiger partial charge in [0.05, 0.1) is 5.69 Å². The average molecular weight is 409 g/mol. The van der Waals surface area contributed by atoms with Gasteiger partial charge in [0, 0.05) is 41.6 Å². The average Bonchev–Trinajstić information content (AvgIpc) is 3.23. The van der Waals surface area contributed by atoms with E-state index in [0.29, 0.717) is 5.95 Å². The summed E-state index contributed by atoms with van der Waals surface area (Å²) in [6, 6.07) is 20.7. The van der Waals surface area contributed by atoms with Crippen LogP contribution in [-0.4, -0.2) is 26.5 Å². The largest absolute Gasteiger partial charge is 0.354 e. The molecule has 0 bridgehead atoms. The lowest BCUT2D eigenvalue weighted by Crippen LogP contribution is -2.08. The number of pyridine rings is 1. The molecule has 0 aliphatic rings. The van der Waals surface area contributed by atoms with Crippen LogP contribution in [0.2, 0.25) is 0 Å². The summed E-state index contributed by atoms with van der Waals surface area (Å²) in [6.07, 6.45) is 6.27. The van der Waals surface area contributed by atoms with Crippen molar-refractivity contribution in [2.45, 2.75) is 6.42 Å². The molecule has 31 heavy (non-hydrogen) atoms. The molecule has 5 nitrogen and oxygen atoms in total. The summed E-state index contributed by atoms with van der Waals surface area (Å²) in [5.41, 5.74) is 5.37. The number of nitrogens with zero attached hydrogens (tertiary/aromatic N) is 3. The van der Waals surface area contributed by atoms with Gasteiger partial charge >= 0.3 is 0 Å². The number of hydrogen-bond acceptors (Lipinski definition) is 4. The fraction of sp³-hybridized carbons (Fsp3) is 0.0800. The highest BCUT2D eigenvalue weighted by molar-refractivity contribution is 5.95. The van der Waals surface area contributed by atoms with Gasteiger partial charge in [-0.3, -0.25) is 0 Å². The number of benzene rings is 2. The summed E-state index contributed by atoms with van der Waals surface area (Å²) in [7, 11) is 0. The molecule has 0 fully saturated rings. The molecule has 0 saturated heterocycles. The predicted molar refractivity (Wildman–Crippen MR) is 121 cm³/mol. The lowest BCUT2D eigenvalue weighted by atomic mass is 10.0. The van der Waals surface area contributed by atoms with Crippen molar-refractivity contribution in [2.24, 2.45) is 0 Å². The van der Waals surface area contributed by atoms with Crippen LogP contribution in [0.1, 0.15) is 5.56 Å². The fourth-order valence-corrected chi connectivity index (χ4v) is 3.60. The van der Waals surface area contributed by atoms with Gasteiger partial charge in [0.15, 0.2) is 0 Å². The molecular weight excluding hydrogens is 389 g/mol. The fourth-order valence-electron chi connectivity index (χ4n) is 3.60. The lowest BCUT2D eigenvalue weighted by molar-refractivity contribution is 0.628. The van der Waals surface area contributed by atoms with E-state index in [4.69, 9.17) is 0 Å². The molecule has 0 aliphatic heterocycles. The zero-order valence-corrected chi connectivity index (χ0v) is 16.7. The number of hydrogen-bond donors (Lipinski definition) is 2. The summed E-state index contributed by atoms with van der Waals surface area (Å²) in [4.78, 5) is 16.7. The van der Waals surface area contributed by atoms with E-state index in [1.165, 1.54) is 17.7 Å². The van der Waals surface area contributed by atoms with E-state index in [9.17, 15) is 4.39 Å². The van der Waals surface area contributed by atoms with Crippen LogP contribution in [-0.2, 0) is 6.42 Å². The molecule has 0 saturated carbocycles. The number of halogens is 1. The second kappa shape index (κ2) is 8.36. The molecular formula is C25H20FN5. The highest BCUT2D eigenvalue weighted by atomic mass is 19.1. The Morgan fingerprint density at radius 3 is 2.68 bits per heavy atom. The summed E-state index contributed by atoms with van der Waals surface area (Å²) in [6.45, 7) is 0.743. The molecule has 2 N–H and O–H groups in total. The van der Waals surface area contributed by atoms with Gasteiger partial charge in [0.1, 0.15) is 11.5 Å². The van der Waals surface area contributed by atoms with Crippen LogP contribution in [0.15, 0.2) is 85.3 Å². The molecule has 0 spiro atoms. The van der Waals surface area contributed by atoms with Gasteiger partial charge in [-0.15, -0.1) is 0 Å². The van der Waals surface area contributed by atoms with E-state index in [1.54, 1.807) is 18.5 Å². The third-order valence-electron chi connectivity index (χ3n) is 5.16. The van der Waals surface area contributed by atoms with Gasteiger partial charge in [0.25, 0.3) is 0 Å². The van der Waals surface area contributed by atoms with Crippen molar-refractivity contribution in [3.05, 3.63) is 96.7 Å². The number of aromatic nitrogens is 4. The molecule has 6 heteroatoms. The van der Waals surface area contributed by atoms with Crippen molar-refractivity contribution >= 4 is 17.0 Å². The Labute approximate surface area is 179 Å². The zero-order valence-electron chi connectivity index (χ0n) is 16.7. The molecule has 0 unspecified atom stereocenters. The normalized spacial score (nSPS) is 11.0. The first kappa shape index (κ1) is 18.9. The van der Waals surface area contributed by atoms with E-state index in [2.05, 4.69) is 37.4 Å². The summed E-state index contributed by atoms with van der Waals surface area (Å²) in [5, 5.41) is 4.22. The van der Waals surface area contributed by atoms with E-state index in [-0.39, 0.29) is 5.82 Å². The highest BCUT2D eigenvalue weighted by Crippen LogP contribution is 2.30. The van der Waals surface area contributed by atoms with Crippen molar-refractivity contribution in [1.29, 1.82) is 0 Å². The van der Waals surface area contributed by atoms with Gasteiger partial charge in [-0.05, 0) is 41.8 Å². The number of rotatable bonds is 6. The monoisotopic (exact) mass is 409 g/mol. The maximum Gasteiger partial charge on any atom is 0.223 e. The Morgan fingerprint density at radius 2 is 1.81 bits per heavy atom. The first-order valence-electron chi connectivity index (χ1n) is 10.1. The van der Waals surface area contributed by atoms with Gasteiger partial charge in [-0.25, -0.2) is 19.3 Å². The molecule has 0 atom stereocenters. The van der Waals surface area contributed by atoms with Crippen LogP contribution >= 0.6 is 0 Å². The second-order valence-corrected chi connectivity index (χ2v) is 7.26. The number of anilines is 1. The third kappa shape index (κ3) is 4.14. The van der Waals surface area contributed by atoms with Crippen LogP contribution < -0.4 is 5.32 Å². The molecule has 2 aromatic carbocycles. The molecule has 3 aromatic heterocycles. The molecule has 5 aromatic rings. The molecule has 152 valence electrons. The maximum atomic E-state index is 13.7. The Balaban J connectivity index is 1.41. The predicted octanol–water partition coefficient (Wildman–Crippen LogP) is 5.48. The summed E-state index contributed by atoms with van der Waals surface area (Å²) in [5.74, 6) is 0.311. The summed E-state index contributed by atoms with van der Waals surface area (Å²) >= 11 is 0. The van der Waals surface area contributed by atoms with Crippen LogP contribution in [0.4, 0.5) is 10.3 Å². The Bertz CT molecular complexity index is 1330. The van der Waals surface area contributed by atoms with E-state index < -0.39 is 0 Å². The van der Waals surface area contributed by atoms with Gasteiger partial charge in [-0.1, -0.05) is 42.5 Å². The summed E-state index contributed by atoms with van der Waals surface area (Å²) < 4.78 is 13.7. The molecule has 3 heterocycles. The minimum atomic E-state index is -0.270. The molecule has 0 radical (unpaired) electrons. The van der Waals surface area contributed by atoms with Crippen molar-refractivity contribution in [3.63, 3.8) is 0 Å². The van der Waals surface area contributed by atoms with Gasteiger partial charge in [-0.2, -0.15) is 0 Å². The van der Waals surface area contributed by atoms with E-state index in [0.717, 1.165) is 46.4 Å². The van der Waals surface area contributed by atoms with Crippen molar-refractivity contribution < 1.29 is 4.39 Å². The van der Waals surface area contributed by atoms with Crippen molar-refractivity contribution in [1.82, 2.24) is 19.9 Å². The number of aromatic amines is 1. The van der Waals surface area contributed by atoms with Crippen LogP contribution in [0.3, 0.4) is 0 Å². The topological polar surface area (TPSA) is 66.5 Å². The quantitative estimate of drug-likeness (QED) is 0.390. The van der Waals surface area contributed by atoms with Crippen LogP contribution in [0.25, 0.3) is 33.4 Å². The highest BCUT2D eigenvalue weighted by Gasteiger charge is 2.11. The Hall–Kier alpha value is -4.06. The first-order chi connectivity index (χ1) is 15.3. The third-order valence-corrected chi connectivity index (χ3v) is 5.16. The minimum absolute atomic E-state index is 0.270. The Morgan fingerprint density at radius 1 is 0.903 bits per heavy atom. The smallest absolute Gasteiger partial charge is 0.223 e. The maximum absolute atomic E-state index is 13.7. The number of nitrogens with one attached hydrogen (secondary N) is 2. The van der Waals surface area contributed by atoms with Crippen LogP contribution in [0, 0.1) is 5.82 Å². The lowest BCUT2D eigenvalue weighted by Gasteiger charge is -2.07. The van der Waals surface area contributed by atoms with E-state index in [1.807, 2.05) is 42.6 Å². The standard InChI is InChI=1S/C25H20FN5/c26-20-8-4-7-18(13-20)19-14-21-22(16-30-24(21)29-15-19)23-10-12-28-25(31-23)27-11-9-17-5-2-1-3-6-17/h1-8,10,12-16H,9,11H2,(H,29,30)(H,27,28,31). The zero-order chi connectivity index (χ0) is 21.0. The molecule has 0 aliphatic carbocycles.